The Morgan fingerprint density at radius 1 is 0.312 bits per heavy atom. The Bertz CT molecular complexity index is 3070. The Kier molecular flexibility index (Phi) is 5.14. The van der Waals surface area contributed by atoms with E-state index in [4.69, 9.17) is 8.83 Å². The lowest BCUT2D eigenvalue weighted by atomic mass is 9.87. The van der Waals surface area contributed by atoms with Crippen molar-refractivity contribution in [2.24, 2.45) is 0 Å². The zero-order valence-electron chi connectivity index (χ0n) is 25.8. The summed E-state index contributed by atoms with van der Waals surface area (Å²) in [5, 5.41) is 14.3. The average Bonchev–Trinajstić information content (AvgIpc) is 3.72. The molecule has 0 saturated heterocycles. The molecular formula is C46H26O2. The minimum absolute atomic E-state index is 0.882. The van der Waals surface area contributed by atoms with Crippen LogP contribution in [0.4, 0.5) is 0 Å². The van der Waals surface area contributed by atoms with Gasteiger partial charge in [0.1, 0.15) is 22.3 Å². The third-order valence-corrected chi connectivity index (χ3v) is 10.2. The van der Waals surface area contributed by atoms with Gasteiger partial charge in [-0.1, -0.05) is 115 Å². The van der Waals surface area contributed by atoms with E-state index in [1.807, 2.05) is 12.1 Å². The van der Waals surface area contributed by atoms with Gasteiger partial charge in [-0.3, -0.25) is 0 Å². The zero-order chi connectivity index (χ0) is 31.3. The molecule has 0 radical (unpaired) electrons. The SMILES string of the molecule is c1ccc2c(-c3ccc(-c4ccc5c(c4)oc4ccc6c(ccc7c8ccccc8oc76)c45)c4ccccc34)c3ccccc3cc2c1. The molecule has 48 heavy (non-hydrogen) atoms. The minimum Gasteiger partial charge on any atom is -0.456 e. The Morgan fingerprint density at radius 3 is 1.69 bits per heavy atom. The lowest BCUT2D eigenvalue weighted by Gasteiger charge is -2.16. The van der Waals surface area contributed by atoms with Crippen LogP contribution >= 0.6 is 0 Å². The highest BCUT2D eigenvalue weighted by Gasteiger charge is 2.18. The molecular weight excluding hydrogens is 585 g/mol. The average molecular weight is 611 g/mol. The van der Waals surface area contributed by atoms with Gasteiger partial charge in [0.25, 0.3) is 0 Å². The predicted octanol–water partition coefficient (Wildman–Crippen LogP) is 13.4. The second-order valence-corrected chi connectivity index (χ2v) is 12.8. The monoisotopic (exact) mass is 610 g/mol. The summed E-state index contributed by atoms with van der Waals surface area (Å²) in [5.74, 6) is 0. The molecule has 222 valence electrons. The number of hydrogen-bond acceptors (Lipinski definition) is 2. The molecule has 2 aromatic heterocycles. The van der Waals surface area contributed by atoms with E-state index < -0.39 is 0 Å². The van der Waals surface area contributed by atoms with Gasteiger partial charge in [0.2, 0.25) is 0 Å². The van der Waals surface area contributed by atoms with Crippen molar-refractivity contribution in [3.63, 3.8) is 0 Å². The topological polar surface area (TPSA) is 26.3 Å². The molecule has 0 aliphatic rings. The summed E-state index contributed by atoms with van der Waals surface area (Å²) in [6, 6.07) is 56.7. The molecule has 0 fully saturated rings. The van der Waals surface area contributed by atoms with Gasteiger partial charge in [0.05, 0.1) is 0 Å². The molecule has 0 amide bonds. The number of benzene rings is 9. The molecule has 2 heteroatoms. The van der Waals surface area contributed by atoms with Gasteiger partial charge in [-0.25, -0.2) is 0 Å². The number of hydrogen-bond donors (Lipinski definition) is 0. The third-order valence-electron chi connectivity index (χ3n) is 10.2. The molecule has 0 aliphatic carbocycles. The van der Waals surface area contributed by atoms with E-state index in [1.54, 1.807) is 0 Å². The first-order valence-electron chi connectivity index (χ1n) is 16.4. The van der Waals surface area contributed by atoms with Crippen LogP contribution in [0.2, 0.25) is 0 Å². The maximum absolute atomic E-state index is 6.56. The molecule has 0 N–H and O–H groups in total. The largest absolute Gasteiger partial charge is 0.456 e. The number of furan rings is 2. The highest BCUT2D eigenvalue weighted by Crippen LogP contribution is 2.44. The molecule has 0 aliphatic heterocycles. The van der Waals surface area contributed by atoms with E-state index in [1.165, 1.54) is 49.0 Å². The van der Waals surface area contributed by atoms with Crippen molar-refractivity contribution in [3.05, 3.63) is 158 Å². The van der Waals surface area contributed by atoms with Crippen molar-refractivity contribution < 1.29 is 8.83 Å². The molecule has 11 aromatic rings. The quantitative estimate of drug-likeness (QED) is 0.182. The highest BCUT2D eigenvalue weighted by molar-refractivity contribution is 6.25. The van der Waals surface area contributed by atoms with Crippen molar-refractivity contribution in [1.82, 2.24) is 0 Å². The van der Waals surface area contributed by atoms with Crippen LogP contribution in [0.25, 0.3) is 109 Å². The van der Waals surface area contributed by atoms with Gasteiger partial charge in [-0.15, -0.1) is 0 Å². The van der Waals surface area contributed by atoms with Crippen molar-refractivity contribution >= 4 is 87.0 Å². The highest BCUT2D eigenvalue weighted by atomic mass is 16.3. The van der Waals surface area contributed by atoms with Gasteiger partial charge >= 0.3 is 0 Å². The lowest BCUT2D eigenvalue weighted by molar-refractivity contribution is 0.669. The first kappa shape index (κ1) is 25.8. The lowest BCUT2D eigenvalue weighted by Crippen LogP contribution is -1.89. The Hall–Kier alpha value is -6.38. The van der Waals surface area contributed by atoms with E-state index in [-0.39, 0.29) is 0 Å². The fourth-order valence-corrected chi connectivity index (χ4v) is 8.10. The van der Waals surface area contributed by atoms with Gasteiger partial charge in [0.15, 0.2) is 0 Å². The summed E-state index contributed by atoms with van der Waals surface area (Å²) < 4.78 is 12.9. The second kappa shape index (κ2) is 9.57. The van der Waals surface area contributed by atoms with Crippen LogP contribution in [0.15, 0.2) is 167 Å². The Labute approximate surface area is 275 Å². The maximum Gasteiger partial charge on any atom is 0.143 e. The summed E-state index contributed by atoms with van der Waals surface area (Å²) in [6.45, 7) is 0. The Morgan fingerprint density at radius 2 is 0.896 bits per heavy atom. The van der Waals surface area contributed by atoms with E-state index in [9.17, 15) is 0 Å². The summed E-state index contributed by atoms with van der Waals surface area (Å²) in [6.07, 6.45) is 0. The molecule has 0 bridgehead atoms. The summed E-state index contributed by atoms with van der Waals surface area (Å²) in [4.78, 5) is 0. The number of rotatable bonds is 2. The van der Waals surface area contributed by atoms with Crippen molar-refractivity contribution in [2.45, 2.75) is 0 Å². The van der Waals surface area contributed by atoms with E-state index >= 15 is 0 Å². The third kappa shape index (κ3) is 3.52. The van der Waals surface area contributed by atoms with Gasteiger partial charge in [0, 0.05) is 26.9 Å². The Balaban J connectivity index is 1.12. The van der Waals surface area contributed by atoms with Crippen molar-refractivity contribution in [3.8, 4) is 22.3 Å². The fourth-order valence-electron chi connectivity index (χ4n) is 8.10. The molecule has 9 aromatic carbocycles. The molecule has 11 rings (SSSR count). The molecule has 0 atom stereocenters. The van der Waals surface area contributed by atoms with E-state index in [0.717, 1.165) is 60.2 Å². The van der Waals surface area contributed by atoms with Crippen LogP contribution in [0, 0.1) is 0 Å². The van der Waals surface area contributed by atoms with Crippen LogP contribution < -0.4 is 0 Å². The van der Waals surface area contributed by atoms with Crippen LogP contribution in [0.3, 0.4) is 0 Å². The molecule has 0 saturated carbocycles. The summed E-state index contributed by atoms with van der Waals surface area (Å²) in [5.41, 5.74) is 8.45. The van der Waals surface area contributed by atoms with Gasteiger partial charge in [-0.2, -0.15) is 0 Å². The molecule has 0 spiro atoms. The zero-order valence-corrected chi connectivity index (χ0v) is 25.8. The molecule has 2 heterocycles. The standard InChI is InChI=1S/C46H26O2/c1-3-11-31-27(9-1)25-28-10-2-4-12-32(28)44(31)36-20-19-30(33-13-5-6-14-34(33)36)29-17-18-40-43(26-29)47-42-24-23-39-37(45(40)42)21-22-38-35-15-7-8-16-41(35)48-46(38)39/h1-26H. The summed E-state index contributed by atoms with van der Waals surface area (Å²) in [7, 11) is 0. The van der Waals surface area contributed by atoms with Crippen molar-refractivity contribution in [1.29, 1.82) is 0 Å². The van der Waals surface area contributed by atoms with Crippen LogP contribution in [-0.2, 0) is 0 Å². The molecule has 2 nitrogen and oxygen atoms in total. The van der Waals surface area contributed by atoms with Crippen molar-refractivity contribution in [2.75, 3.05) is 0 Å². The number of fused-ring (bicyclic) bond motifs is 12. The molecule has 0 unspecified atom stereocenters. The first-order valence-corrected chi connectivity index (χ1v) is 16.4. The van der Waals surface area contributed by atoms with E-state index in [2.05, 4.69) is 146 Å². The van der Waals surface area contributed by atoms with Crippen LogP contribution in [0.5, 0.6) is 0 Å². The smallest absolute Gasteiger partial charge is 0.143 e. The van der Waals surface area contributed by atoms with Crippen LogP contribution in [0.1, 0.15) is 0 Å². The normalized spacial score (nSPS) is 12.2. The maximum atomic E-state index is 6.56. The van der Waals surface area contributed by atoms with Gasteiger partial charge < -0.3 is 8.83 Å². The van der Waals surface area contributed by atoms with Crippen LogP contribution in [-0.4, -0.2) is 0 Å². The second-order valence-electron chi connectivity index (χ2n) is 12.8. The predicted molar refractivity (Wildman–Crippen MR) is 202 cm³/mol. The number of para-hydroxylation sites is 1. The van der Waals surface area contributed by atoms with E-state index in [0.29, 0.717) is 0 Å². The minimum atomic E-state index is 0.882. The first-order chi connectivity index (χ1) is 23.8. The fraction of sp³-hybridized carbons (Fsp3) is 0. The summed E-state index contributed by atoms with van der Waals surface area (Å²) >= 11 is 0. The van der Waals surface area contributed by atoms with Gasteiger partial charge in [-0.05, 0) is 102 Å².